The van der Waals surface area contributed by atoms with E-state index in [1.165, 1.54) is 32.4 Å². The lowest BCUT2D eigenvalue weighted by molar-refractivity contribution is -0.127. The lowest BCUT2D eigenvalue weighted by atomic mass is 9.94. The first-order valence-corrected chi connectivity index (χ1v) is 5.85. The van der Waals surface area contributed by atoms with Crippen LogP contribution < -0.4 is 5.32 Å². The highest BCUT2D eigenvalue weighted by molar-refractivity contribution is 5.85. The molecule has 0 unspecified atom stereocenters. The van der Waals surface area contributed by atoms with Gasteiger partial charge in [0.05, 0.1) is 0 Å². The van der Waals surface area contributed by atoms with E-state index in [0.717, 1.165) is 31.8 Å². The number of hydrogen-bond donors (Lipinski definition) is 1. The van der Waals surface area contributed by atoms with Gasteiger partial charge >= 0.3 is 0 Å². The fourth-order valence-corrected chi connectivity index (χ4v) is 2.45. The van der Waals surface area contributed by atoms with Gasteiger partial charge in [-0.25, -0.2) is 0 Å². The molecule has 1 N–H and O–H groups in total. The number of amides is 1. The second kappa shape index (κ2) is 6.33. The second-order valence-corrected chi connectivity index (χ2v) is 4.47. The normalized spacial score (nSPS) is 22.9. The van der Waals surface area contributed by atoms with Gasteiger partial charge in [0, 0.05) is 19.5 Å². The summed E-state index contributed by atoms with van der Waals surface area (Å²) < 4.78 is 0. The highest BCUT2D eigenvalue weighted by Gasteiger charge is 2.21. The van der Waals surface area contributed by atoms with Crippen molar-refractivity contribution in [3.63, 3.8) is 0 Å². The molecule has 0 bridgehead atoms. The third-order valence-corrected chi connectivity index (χ3v) is 3.44. The number of nitrogens with one attached hydrogen (secondary N) is 1. The van der Waals surface area contributed by atoms with E-state index in [4.69, 9.17) is 0 Å². The molecule has 0 aromatic heterocycles. The summed E-state index contributed by atoms with van der Waals surface area (Å²) in [6.07, 6.45) is 5.66. The van der Waals surface area contributed by atoms with Crippen molar-refractivity contribution in [1.29, 1.82) is 0 Å². The van der Waals surface area contributed by atoms with E-state index in [1.54, 1.807) is 0 Å². The summed E-state index contributed by atoms with van der Waals surface area (Å²) in [5, 5.41) is 3.37. The van der Waals surface area contributed by atoms with Crippen molar-refractivity contribution in [2.75, 3.05) is 26.2 Å². The SMILES string of the molecule is Cl.O=C1CCCN1CCC1CCNCC1. The van der Waals surface area contributed by atoms with Gasteiger partial charge in [0.2, 0.25) is 5.91 Å². The highest BCUT2D eigenvalue weighted by atomic mass is 35.5. The Morgan fingerprint density at radius 3 is 2.67 bits per heavy atom. The van der Waals surface area contributed by atoms with Gasteiger partial charge in [-0.05, 0) is 44.7 Å². The topological polar surface area (TPSA) is 32.3 Å². The van der Waals surface area contributed by atoms with Crippen molar-refractivity contribution in [1.82, 2.24) is 10.2 Å². The van der Waals surface area contributed by atoms with Gasteiger partial charge in [-0.15, -0.1) is 12.4 Å². The molecular formula is C11H21ClN2O. The predicted molar refractivity (Wildman–Crippen MR) is 63.3 cm³/mol. The van der Waals surface area contributed by atoms with E-state index in [1.807, 2.05) is 4.90 Å². The van der Waals surface area contributed by atoms with Crippen LogP contribution in [0.4, 0.5) is 0 Å². The Balaban J connectivity index is 0.00000112. The van der Waals surface area contributed by atoms with E-state index in [-0.39, 0.29) is 12.4 Å². The van der Waals surface area contributed by atoms with E-state index < -0.39 is 0 Å². The Hall–Kier alpha value is -0.280. The van der Waals surface area contributed by atoms with Crippen molar-refractivity contribution < 1.29 is 4.79 Å². The zero-order chi connectivity index (χ0) is 9.80. The third kappa shape index (κ3) is 3.65. The van der Waals surface area contributed by atoms with Crippen LogP contribution in [0.5, 0.6) is 0 Å². The molecular weight excluding hydrogens is 212 g/mol. The van der Waals surface area contributed by atoms with Gasteiger partial charge in [-0.3, -0.25) is 4.79 Å². The van der Waals surface area contributed by atoms with Gasteiger partial charge in [0.1, 0.15) is 0 Å². The minimum Gasteiger partial charge on any atom is -0.343 e. The Bertz CT molecular complexity index is 205. The standard InChI is InChI=1S/C11H20N2O.ClH/c14-11-2-1-8-13(11)9-5-10-3-6-12-7-4-10;/h10,12H,1-9H2;1H. The van der Waals surface area contributed by atoms with Crippen molar-refractivity contribution in [2.45, 2.75) is 32.1 Å². The van der Waals surface area contributed by atoms with E-state index >= 15 is 0 Å². The van der Waals surface area contributed by atoms with Gasteiger partial charge in [0.25, 0.3) is 0 Å². The van der Waals surface area contributed by atoms with Crippen LogP contribution in [0.25, 0.3) is 0 Å². The molecule has 0 radical (unpaired) electrons. The number of likely N-dealkylation sites (tertiary alicyclic amines) is 1. The zero-order valence-corrected chi connectivity index (χ0v) is 10.0. The Kier molecular flexibility index (Phi) is 5.40. The van der Waals surface area contributed by atoms with Crippen LogP contribution in [-0.4, -0.2) is 37.0 Å². The molecule has 0 aromatic rings. The molecule has 0 atom stereocenters. The summed E-state index contributed by atoms with van der Waals surface area (Å²) in [5.41, 5.74) is 0. The fourth-order valence-electron chi connectivity index (χ4n) is 2.45. The van der Waals surface area contributed by atoms with Crippen molar-refractivity contribution in [2.24, 2.45) is 5.92 Å². The first-order valence-electron chi connectivity index (χ1n) is 5.85. The number of carbonyl (C=O) groups excluding carboxylic acids is 1. The van der Waals surface area contributed by atoms with Gasteiger partial charge in [-0.1, -0.05) is 0 Å². The van der Waals surface area contributed by atoms with Crippen LogP contribution >= 0.6 is 12.4 Å². The average molecular weight is 233 g/mol. The van der Waals surface area contributed by atoms with Crippen molar-refractivity contribution >= 4 is 18.3 Å². The molecule has 15 heavy (non-hydrogen) atoms. The molecule has 2 saturated heterocycles. The molecule has 4 heteroatoms. The number of carbonyl (C=O) groups is 1. The van der Waals surface area contributed by atoms with E-state index in [0.29, 0.717) is 5.91 Å². The summed E-state index contributed by atoms with van der Waals surface area (Å²) in [7, 11) is 0. The highest BCUT2D eigenvalue weighted by Crippen LogP contribution is 2.18. The Labute approximate surface area is 98.0 Å². The van der Waals surface area contributed by atoms with Crippen LogP contribution in [0.3, 0.4) is 0 Å². The van der Waals surface area contributed by atoms with E-state index in [9.17, 15) is 4.79 Å². The maximum Gasteiger partial charge on any atom is 0.222 e. The van der Waals surface area contributed by atoms with Crippen molar-refractivity contribution in [3.8, 4) is 0 Å². The van der Waals surface area contributed by atoms with Gasteiger partial charge in [-0.2, -0.15) is 0 Å². The summed E-state index contributed by atoms with van der Waals surface area (Å²) in [5.74, 6) is 1.23. The van der Waals surface area contributed by atoms with Crippen LogP contribution in [0, 0.1) is 5.92 Å². The Morgan fingerprint density at radius 1 is 1.33 bits per heavy atom. The largest absolute Gasteiger partial charge is 0.343 e. The first-order chi connectivity index (χ1) is 6.86. The molecule has 3 nitrogen and oxygen atoms in total. The first kappa shape index (κ1) is 12.8. The summed E-state index contributed by atoms with van der Waals surface area (Å²) in [6, 6.07) is 0. The maximum absolute atomic E-state index is 11.4. The van der Waals surface area contributed by atoms with Gasteiger partial charge in [0.15, 0.2) is 0 Å². The number of halogens is 1. The number of hydrogen-bond acceptors (Lipinski definition) is 2. The number of rotatable bonds is 3. The lowest BCUT2D eigenvalue weighted by Crippen LogP contribution is -2.31. The smallest absolute Gasteiger partial charge is 0.222 e. The molecule has 0 saturated carbocycles. The maximum atomic E-state index is 11.4. The predicted octanol–water partition coefficient (Wildman–Crippen LogP) is 1.42. The van der Waals surface area contributed by atoms with E-state index in [2.05, 4.69) is 5.32 Å². The molecule has 2 aliphatic heterocycles. The summed E-state index contributed by atoms with van der Waals surface area (Å²) in [6.45, 7) is 4.34. The van der Waals surface area contributed by atoms with Crippen LogP contribution in [-0.2, 0) is 4.79 Å². The van der Waals surface area contributed by atoms with Crippen molar-refractivity contribution in [3.05, 3.63) is 0 Å². The molecule has 1 amide bonds. The quantitative estimate of drug-likeness (QED) is 0.799. The van der Waals surface area contributed by atoms with Gasteiger partial charge < -0.3 is 10.2 Å². The fraction of sp³-hybridized carbons (Fsp3) is 0.909. The number of piperidine rings is 1. The molecule has 2 aliphatic rings. The number of nitrogens with zero attached hydrogens (tertiary/aromatic N) is 1. The second-order valence-electron chi connectivity index (χ2n) is 4.47. The third-order valence-electron chi connectivity index (χ3n) is 3.44. The minimum absolute atomic E-state index is 0. The Morgan fingerprint density at radius 2 is 2.07 bits per heavy atom. The summed E-state index contributed by atoms with van der Waals surface area (Å²) in [4.78, 5) is 13.4. The molecule has 88 valence electrons. The van der Waals surface area contributed by atoms with Crippen LogP contribution in [0.2, 0.25) is 0 Å². The molecule has 2 rings (SSSR count). The minimum atomic E-state index is 0. The molecule has 0 aromatic carbocycles. The van der Waals surface area contributed by atoms with Crippen LogP contribution in [0.1, 0.15) is 32.1 Å². The monoisotopic (exact) mass is 232 g/mol. The average Bonchev–Trinajstić information content (AvgIpc) is 2.63. The van der Waals surface area contributed by atoms with Crippen LogP contribution in [0.15, 0.2) is 0 Å². The molecule has 2 heterocycles. The molecule has 2 fully saturated rings. The molecule has 0 spiro atoms. The summed E-state index contributed by atoms with van der Waals surface area (Å²) >= 11 is 0. The lowest BCUT2D eigenvalue weighted by Gasteiger charge is -2.25. The zero-order valence-electron chi connectivity index (χ0n) is 9.21. The molecule has 0 aliphatic carbocycles.